The highest BCUT2D eigenvalue weighted by molar-refractivity contribution is 5.99. The lowest BCUT2D eigenvalue weighted by Crippen LogP contribution is -2.25. The molecule has 0 aliphatic carbocycles. The zero-order valence-electron chi connectivity index (χ0n) is 12.1. The van der Waals surface area contributed by atoms with Gasteiger partial charge in [-0.05, 0) is 29.7 Å². The van der Waals surface area contributed by atoms with E-state index in [9.17, 15) is 9.59 Å². The van der Waals surface area contributed by atoms with Gasteiger partial charge in [0, 0.05) is 18.7 Å². The van der Waals surface area contributed by atoms with E-state index in [-0.39, 0.29) is 18.9 Å². The summed E-state index contributed by atoms with van der Waals surface area (Å²) in [4.78, 5) is 24.5. The molecule has 1 atom stereocenters. The Morgan fingerprint density at radius 2 is 1.68 bits per heavy atom. The predicted molar refractivity (Wildman–Crippen MR) is 83.8 cm³/mol. The number of carboxylic acids is 1. The number of rotatable bonds is 4. The van der Waals surface area contributed by atoms with Gasteiger partial charge in [0.15, 0.2) is 0 Å². The van der Waals surface area contributed by atoms with Gasteiger partial charge in [0.05, 0.1) is 5.92 Å². The van der Waals surface area contributed by atoms with Gasteiger partial charge in [-0.15, -0.1) is 0 Å². The van der Waals surface area contributed by atoms with E-state index in [1.165, 1.54) is 5.56 Å². The topological polar surface area (TPSA) is 57.6 Å². The molecule has 1 fully saturated rings. The first-order chi connectivity index (χ1) is 10.6. The number of carboxylic acid groups (broad SMARTS) is 1. The van der Waals surface area contributed by atoms with Crippen molar-refractivity contribution in [2.75, 3.05) is 11.4 Å². The molecule has 1 unspecified atom stereocenters. The summed E-state index contributed by atoms with van der Waals surface area (Å²) < 4.78 is 0. The molecule has 3 rings (SSSR count). The first-order valence-electron chi connectivity index (χ1n) is 7.29. The molecule has 2 aromatic rings. The number of hydrogen-bond acceptors (Lipinski definition) is 2. The molecule has 4 heteroatoms. The minimum Gasteiger partial charge on any atom is -0.481 e. The molecule has 0 aromatic heterocycles. The number of aliphatic carboxylic acids is 1. The van der Waals surface area contributed by atoms with Gasteiger partial charge in [-0.2, -0.15) is 0 Å². The van der Waals surface area contributed by atoms with E-state index in [1.54, 1.807) is 4.90 Å². The number of carbonyl (C=O) groups is 2. The molecule has 0 bridgehead atoms. The molecule has 1 heterocycles. The zero-order valence-corrected chi connectivity index (χ0v) is 12.1. The van der Waals surface area contributed by atoms with Gasteiger partial charge < -0.3 is 10.0 Å². The van der Waals surface area contributed by atoms with Crippen molar-refractivity contribution in [2.45, 2.75) is 12.8 Å². The quantitative estimate of drug-likeness (QED) is 0.943. The third-order valence-corrected chi connectivity index (χ3v) is 3.97. The predicted octanol–water partition coefficient (Wildman–Crippen LogP) is 2.71. The van der Waals surface area contributed by atoms with Crippen molar-refractivity contribution in [3.8, 4) is 0 Å². The fourth-order valence-electron chi connectivity index (χ4n) is 2.75. The Labute approximate surface area is 129 Å². The summed E-state index contributed by atoms with van der Waals surface area (Å²) in [5, 5.41) is 9.03. The van der Waals surface area contributed by atoms with Crippen LogP contribution in [0.5, 0.6) is 0 Å². The number of benzene rings is 2. The second kappa shape index (κ2) is 6.02. The molecule has 1 saturated heterocycles. The maximum Gasteiger partial charge on any atom is 0.308 e. The van der Waals surface area contributed by atoms with E-state index in [1.807, 2.05) is 42.5 Å². The van der Waals surface area contributed by atoms with Crippen molar-refractivity contribution < 1.29 is 14.7 Å². The molecule has 4 nitrogen and oxygen atoms in total. The Bertz CT molecular complexity index is 679. The molecule has 1 aliphatic heterocycles. The first-order valence-corrected chi connectivity index (χ1v) is 7.29. The molecular weight excluding hydrogens is 278 g/mol. The third-order valence-electron chi connectivity index (χ3n) is 3.97. The maximum absolute atomic E-state index is 11.9. The van der Waals surface area contributed by atoms with Crippen LogP contribution in [0.3, 0.4) is 0 Å². The monoisotopic (exact) mass is 295 g/mol. The van der Waals surface area contributed by atoms with Crippen molar-refractivity contribution in [2.24, 2.45) is 5.92 Å². The van der Waals surface area contributed by atoms with Crippen molar-refractivity contribution in [3.63, 3.8) is 0 Å². The summed E-state index contributed by atoms with van der Waals surface area (Å²) in [6.45, 7) is 0.256. The summed E-state index contributed by atoms with van der Waals surface area (Å²) in [6.07, 6.45) is 0.925. The normalized spacial score (nSPS) is 17.7. The number of nitrogens with zero attached hydrogens (tertiary/aromatic N) is 1. The van der Waals surface area contributed by atoms with Crippen LogP contribution in [0.4, 0.5) is 5.69 Å². The molecule has 0 saturated carbocycles. The van der Waals surface area contributed by atoms with Crippen LogP contribution in [-0.2, 0) is 16.0 Å². The van der Waals surface area contributed by atoms with Crippen LogP contribution >= 0.6 is 0 Å². The Hall–Kier alpha value is -2.62. The number of amides is 1. The molecule has 112 valence electrons. The Morgan fingerprint density at radius 3 is 2.27 bits per heavy atom. The molecule has 2 aromatic carbocycles. The van der Waals surface area contributed by atoms with E-state index >= 15 is 0 Å². The molecule has 1 amide bonds. The Morgan fingerprint density at radius 1 is 1.05 bits per heavy atom. The Balaban J connectivity index is 1.72. The van der Waals surface area contributed by atoms with Crippen LogP contribution in [0.15, 0.2) is 54.6 Å². The van der Waals surface area contributed by atoms with Crippen molar-refractivity contribution >= 4 is 17.6 Å². The molecule has 0 radical (unpaired) electrons. The molecule has 0 spiro atoms. The van der Waals surface area contributed by atoms with E-state index in [4.69, 9.17) is 5.11 Å². The van der Waals surface area contributed by atoms with Crippen LogP contribution in [0.25, 0.3) is 0 Å². The van der Waals surface area contributed by atoms with Gasteiger partial charge >= 0.3 is 5.97 Å². The summed E-state index contributed by atoms with van der Waals surface area (Å²) in [5.74, 6) is -1.63. The summed E-state index contributed by atoms with van der Waals surface area (Å²) in [5.41, 5.74) is 3.17. The first kappa shape index (κ1) is 14.3. The average molecular weight is 295 g/mol. The average Bonchev–Trinajstić information content (AvgIpc) is 2.91. The van der Waals surface area contributed by atoms with Crippen LogP contribution in [0.2, 0.25) is 0 Å². The number of carbonyl (C=O) groups excluding carboxylic acids is 1. The smallest absolute Gasteiger partial charge is 0.308 e. The third kappa shape index (κ3) is 3.01. The molecule has 22 heavy (non-hydrogen) atoms. The molecule has 1 aliphatic rings. The highest BCUT2D eigenvalue weighted by Gasteiger charge is 2.34. The second-order valence-corrected chi connectivity index (χ2v) is 5.57. The van der Waals surface area contributed by atoms with Gasteiger partial charge in [0.25, 0.3) is 0 Å². The lowest BCUT2D eigenvalue weighted by Gasteiger charge is -2.16. The maximum atomic E-state index is 11.9. The van der Waals surface area contributed by atoms with Gasteiger partial charge in [0.1, 0.15) is 0 Å². The Kier molecular flexibility index (Phi) is 3.92. The number of anilines is 1. The molecular formula is C18H17NO3. The van der Waals surface area contributed by atoms with Crippen molar-refractivity contribution in [1.82, 2.24) is 0 Å². The van der Waals surface area contributed by atoms with E-state index < -0.39 is 11.9 Å². The minimum absolute atomic E-state index is 0.0844. The standard InChI is InChI=1S/C18H17NO3/c20-17-11-15(18(21)22)12-19(17)16-8-6-14(7-9-16)10-13-4-2-1-3-5-13/h1-9,15H,10-12H2,(H,21,22). The van der Waals surface area contributed by atoms with Gasteiger partial charge in [-0.3, -0.25) is 9.59 Å². The van der Waals surface area contributed by atoms with Gasteiger partial charge in [-0.1, -0.05) is 42.5 Å². The van der Waals surface area contributed by atoms with Crippen LogP contribution in [0, 0.1) is 5.92 Å². The van der Waals surface area contributed by atoms with E-state index in [2.05, 4.69) is 12.1 Å². The fourth-order valence-corrected chi connectivity index (χ4v) is 2.75. The minimum atomic E-state index is -0.906. The van der Waals surface area contributed by atoms with E-state index in [0.29, 0.717) is 0 Å². The molecule has 1 N–H and O–H groups in total. The van der Waals surface area contributed by atoms with Crippen LogP contribution < -0.4 is 4.90 Å². The van der Waals surface area contributed by atoms with Crippen molar-refractivity contribution in [3.05, 3.63) is 65.7 Å². The summed E-state index contributed by atoms with van der Waals surface area (Å²) in [7, 11) is 0. The summed E-state index contributed by atoms with van der Waals surface area (Å²) in [6, 6.07) is 17.9. The van der Waals surface area contributed by atoms with E-state index in [0.717, 1.165) is 17.7 Å². The lowest BCUT2D eigenvalue weighted by atomic mass is 10.0. The number of hydrogen-bond donors (Lipinski definition) is 1. The fraction of sp³-hybridized carbons (Fsp3) is 0.222. The summed E-state index contributed by atoms with van der Waals surface area (Å²) >= 11 is 0. The second-order valence-electron chi connectivity index (χ2n) is 5.57. The SMILES string of the molecule is O=C(O)C1CC(=O)N(c2ccc(Cc3ccccc3)cc2)C1. The van der Waals surface area contributed by atoms with Gasteiger partial charge in [0.2, 0.25) is 5.91 Å². The highest BCUT2D eigenvalue weighted by atomic mass is 16.4. The van der Waals surface area contributed by atoms with Crippen LogP contribution in [-0.4, -0.2) is 23.5 Å². The largest absolute Gasteiger partial charge is 0.481 e. The van der Waals surface area contributed by atoms with Gasteiger partial charge in [-0.25, -0.2) is 0 Å². The van der Waals surface area contributed by atoms with Crippen LogP contribution in [0.1, 0.15) is 17.5 Å². The highest BCUT2D eigenvalue weighted by Crippen LogP contribution is 2.25. The zero-order chi connectivity index (χ0) is 15.5. The van der Waals surface area contributed by atoms with Crippen molar-refractivity contribution in [1.29, 1.82) is 0 Å². The lowest BCUT2D eigenvalue weighted by molar-refractivity contribution is -0.141.